The van der Waals surface area contributed by atoms with Gasteiger partial charge in [0.15, 0.2) is 0 Å². The molecule has 1 nitrogen and oxygen atoms in total. The molecule has 2 bridgehead atoms. The first-order valence-corrected chi connectivity index (χ1v) is 13.3. The monoisotopic (exact) mass is 432 g/mol. The van der Waals surface area contributed by atoms with Gasteiger partial charge in [-0.1, -0.05) is 64.5 Å². The third kappa shape index (κ3) is 1.55. The van der Waals surface area contributed by atoms with Crippen molar-refractivity contribution in [1.82, 2.24) is 0 Å². The summed E-state index contributed by atoms with van der Waals surface area (Å²) in [5.74, 6) is 0. The SMILES string of the molecule is Cc1cccc2c1C13O[Si](C)(C)c4cccc(c41)C2(C)c1cccc(Br)c13. The quantitative estimate of drug-likeness (QED) is 0.427. The molecule has 2 atom stereocenters. The highest BCUT2D eigenvalue weighted by atomic mass is 79.9. The van der Waals surface area contributed by atoms with Crippen LogP contribution in [-0.2, 0) is 15.4 Å². The fourth-order valence-corrected chi connectivity index (χ4v) is 9.34. The minimum Gasteiger partial charge on any atom is -0.395 e. The summed E-state index contributed by atoms with van der Waals surface area (Å²) in [6, 6.07) is 20.3. The van der Waals surface area contributed by atoms with E-state index in [1.807, 2.05) is 0 Å². The number of halogens is 1. The number of aryl methyl sites for hydroxylation is 1. The van der Waals surface area contributed by atoms with Gasteiger partial charge in [0.05, 0.1) is 0 Å². The van der Waals surface area contributed by atoms with Crippen molar-refractivity contribution in [3.8, 4) is 0 Å². The van der Waals surface area contributed by atoms with E-state index in [2.05, 4.69) is 97.5 Å². The number of benzene rings is 3. The van der Waals surface area contributed by atoms with E-state index in [4.69, 9.17) is 4.43 Å². The van der Waals surface area contributed by atoms with E-state index >= 15 is 0 Å². The normalized spacial score (nSPS) is 27.9. The molecule has 4 aliphatic rings. The van der Waals surface area contributed by atoms with Gasteiger partial charge in [-0.15, -0.1) is 0 Å². The molecule has 0 saturated carbocycles. The molecule has 0 aromatic heterocycles. The van der Waals surface area contributed by atoms with Gasteiger partial charge in [-0.25, -0.2) is 0 Å². The summed E-state index contributed by atoms with van der Waals surface area (Å²) >= 11 is 3.91. The third-order valence-corrected chi connectivity index (χ3v) is 10.3. The summed E-state index contributed by atoms with van der Waals surface area (Å²) in [7, 11) is -2.04. The Hall–Kier alpha value is -1.68. The lowest BCUT2D eigenvalue weighted by atomic mass is 9.51. The van der Waals surface area contributed by atoms with E-state index < -0.39 is 13.9 Å². The van der Waals surface area contributed by atoms with Crippen LogP contribution in [-0.4, -0.2) is 8.32 Å². The molecule has 27 heavy (non-hydrogen) atoms. The molecular formula is C24H21BrOSi. The summed E-state index contributed by atoms with van der Waals surface area (Å²) in [4.78, 5) is 0. The van der Waals surface area contributed by atoms with Crippen LogP contribution in [0.1, 0.15) is 45.9 Å². The Bertz CT molecular complexity index is 1120. The second kappa shape index (κ2) is 4.65. The van der Waals surface area contributed by atoms with Gasteiger partial charge in [0.25, 0.3) is 0 Å². The van der Waals surface area contributed by atoms with Crippen LogP contribution in [0.5, 0.6) is 0 Å². The molecule has 0 N–H and O–H groups in total. The predicted molar refractivity (Wildman–Crippen MR) is 115 cm³/mol. The number of hydrogen-bond acceptors (Lipinski definition) is 1. The number of rotatable bonds is 0. The fourth-order valence-electron chi connectivity index (χ4n) is 6.10. The highest BCUT2D eigenvalue weighted by Crippen LogP contribution is 2.66. The molecule has 0 radical (unpaired) electrons. The lowest BCUT2D eigenvalue weighted by molar-refractivity contribution is 0.143. The Morgan fingerprint density at radius 2 is 1.41 bits per heavy atom. The molecule has 3 aliphatic carbocycles. The molecule has 2 unspecified atom stereocenters. The van der Waals surface area contributed by atoms with Crippen molar-refractivity contribution in [2.45, 2.75) is 38.0 Å². The topological polar surface area (TPSA) is 9.23 Å². The Kier molecular flexibility index (Phi) is 2.81. The van der Waals surface area contributed by atoms with Crippen LogP contribution < -0.4 is 5.19 Å². The maximum Gasteiger partial charge on any atom is 0.220 e. The van der Waals surface area contributed by atoms with Crippen LogP contribution >= 0.6 is 15.9 Å². The largest absolute Gasteiger partial charge is 0.395 e. The molecule has 0 amide bonds. The molecule has 7 rings (SSSR count). The van der Waals surface area contributed by atoms with Gasteiger partial charge in [-0.05, 0) is 71.6 Å². The van der Waals surface area contributed by atoms with Crippen molar-refractivity contribution >= 4 is 29.4 Å². The minimum absolute atomic E-state index is 0.147. The summed E-state index contributed by atoms with van der Waals surface area (Å²) in [5, 5.41) is 1.46. The van der Waals surface area contributed by atoms with E-state index in [9.17, 15) is 0 Å². The van der Waals surface area contributed by atoms with Crippen molar-refractivity contribution in [2.75, 3.05) is 0 Å². The molecule has 134 valence electrons. The zero-order valence-corrected chi connectivity index (χ0v) is 18.6. The maximum absolute atomic E-state index is 7.24. The van der Waals surface area contributed by atoms with Gasteiger partial charge in [0.2, 0.25) is 8.32 Å². The van der Waals surface area contributed by atoms with E-state index in [-0.39, 0.29) is 5.41 Å². The van der Waals surface area contributed by atoms with Crippen LogP contribution in [0.15, 0.2) is 59.1 Å². The summed E-state index contributed by atoms with van der Waals surface area (Å²) in [6.07, 6.45) is 0. The van der Waals surface area contributed by atoms with Crippen LogP contribution in [0.3, 0.4) is 0 Å². The van der Waals surface area contributed by atoms with Gasteiger partial charge in [0, 0.05) is 15.5 Å². The number of hydrogen-bond donors (Lipinski definition) is 0. The van der Waals surface area contributed by atoms with Crippen molar-refractivity contribution in [3.05, 3.63) is 98.0 Å². The standard InChI is InChI=1S/C24H21BrOSi/c1-14-8-5-9-15-20(14)24-21-16(10-6-12-18(21)25)23(15,2)17-11-7-13-19(22(17)24)27(3,4)26-24/h5-13H,1-4H3. The van der Waals surface area contributed by atoms with Crippen molar-refractivity contribution in [2.24, 2.45) is 0 Å². The molecule has 3 aromatic carbocycles. The smallest absolute Gasteiger partial charge is 0.220 e. The zero-order chi connectivity index (χ0) is 18.8. The molecule has 3 heteroatoms. The average Bonchev–Trinajstić information content (AvgIpc) is 2.87. The predicted octanol–water partition coefficient (Wildman–Crippen LogP) is 5.47. The van der Waals surface area contributed by atoms with Crippen molar-refractivity contribution in [1.29, 1.82) is 0 Å². The van der Waals surface area contributed by atoms with Crippen LogP contribution in [0.2, 0.25) is 13.1 Å². The van der Waals surface area contributed by atoms with Gasteiger partial charge >= 0.3 is 0 Å². The van der Waals surface area contributed by atoms with E-state index in [0.29, 0.717) is 0 Å². The Labute approximate surface area is 169 Å². The summed E-state index contributed by atoms with van der Waals surface area (Å²) < 4.78 is 8.40. The first-order valence-electron chi connectivity index (χ1n) is 9.58. The zero-order valence-electron chi connectivity index (χ0n) is 16.0. The average molecular weight is 433 g/mol. The Morgan fingerprint density at radius 3 is 2.15 bits per heavy atom. The molecule has 0 fully saturated rings. The summed E-state index contributed by atoms with van der Waals surface area (Å²) in [6.45, 7) is 9.34. The first-order chi connectivity index (χ1) is 12.8. The second-order valence-electron chi connectivity index (χ2n) is 8.81. The van der Waals surface area contributed by atoms with Gasteiger partial charge in [-0.2, -0.15) is 0 Å². The third-order valence-electron chi connectivity index (χ3n) is 7.08. The van der Waals surface area contributed by atoms with Gasteiger partial charge < -0.3 is 4.43 Å². The van der Waals surface area contributed by atoms with Gasteiger partial charge in [-0.3, -0.25) is 0 Å². The highest BCUT2D eigenvalue weighted by Gasteiger charge is 2.65. The second-order valence-corrected chi connectivity index (χ2v) is 13.4. The maximum atomic E-state index is 7.24. The highest BCUT2D eigenvalue weighted by molar-refractivity contribution is 9.10. The fraction of sp³-hybridized carbons (Fsp3) is 0.250. The first kappa shape index (κ1) is 16.3. The molecule has 1 aliphatic heterocycles. The lowest BCUT2D eigenvalue weighted by Crippen LogP contribution is -2.50. The van der Waals surface area contributed by atoms with E-state index in [1.54, 1.807) is 0 Å². The van der Waals surface area contributed by atoms with Crippen LogP contribution in [0.4, 0.5) is 0 Å². The Balaban J connectivity index is 1.94. The van der Waals surface area contributed by atoms with Crippen molar-refractivity contribution in [3.63, 3.8) is 0 Å². The van der Waals surface area contributed by atoms with Crippen molar-refractivity contribution < 1.29 is 4.43 Å². The molecule has 3 aromatic rings. The molecule has 1 heterocycles. The molecular weight excluding hydrogens is 412 g/mol. The molecule has 0 saturated heterocycles. The summed E-state index contributed by atoms with van der Waals surface area (Å²) in [5.41, 5.74) is 9.06. The Morgan fingerprint density at radius 1 is 0.815 bits per heavy atom. The van der Waals surface area contributed by atoms with Crippen LogP contribution in [0, 0.1) is 6.92 Å². The minimum atomic E-state index is -2.04. The van der Waals surface area contributed by atoms with Crippen LogP contribution in [0.25, 0.3) is 0 Å². The molecule has 1 spiro atoms. The van der Waals surface area contributed by atoms with E-state index in [1.165, 1.54) is 44.1 Å². The lowest BCUT2D eigenvalue weighted by Gasteiger charge is -2.54. The van der Waals surface area contributed by atoms with Gasteiger partial charge in [0.1, 0.15) is 5.60 Å². The van der Waals surface area contributed by atoms with E-state index in [0.717, 1.165) is 4.47 Å².